The lowest BCUT2D eigenvalue weighted by molar-refractivity contribution is 0.0512. The van der Waals surface area contributed by atoms with Crippen LogP contribution in [0.1, 0.15) is 30.9 Å². The summed E-state index contributed by atoms with van der Waals surface area (Å²) in [5.41, 5.74) is 3.63. The van der Waals surface area contributed by atoms with Crippen LogP contribution in [0.15, 0.2) is 47.5 Å². The van der Waals surface area contributed by atoms with E-state index in [1.165, 1.54) is 11.1 Å². The summed E-state index contributed by atoms with van der Waals surface area (Å²) in [6.45, 7) is 7.06. The summed E-state index contributed by atoms with van der Waals surface area (Å²) in [4.78, 5) is 4.42. The molecule has 2 N–H and O–H groups in total. The molecule has 0 atom stereocenters. The molecule has 6 nitrogen and oxygen atoms in total. The smallest absolute Gasteiger partial charge is 0.195 e. The van der Waals surface area contributed by atoms with Gasteiger partial charge >= 0.3 is 0 Å². The summed E-state index contributed by atoms with van der Waals surface area (Å²) >= 11 is 0. The van der Waals surface area contributed by atoms with Crippen molar-refractivity contribution in [1.29, 1.82) is 0 Å². The second-order valence-electron chi connectivity index (χ2n) is 7.56. The Morgan fingerprint density at radius 1 is 1.13 bits per heavy atom. The molecule has 7 heteroatoms. The number of methoxy groups -OCH3 is 1. The zero-order valence-electron chi connectivity index (χ0n) is 18.9. The Morgan fingerprint density at radius 3 is 2.52 bits per heavy atom. The quantitative estimate of drug-likeness (QED) is 0.302. The number of halogens is 1. The van der Waals surface area contributed by atoms with Gasteiger partial charge in [-0.1, -0.05) is 24.3 Å². The van der Waals surface area contributed by atoms with Crippen molar-refractivity contribution in [3.63, 3.8) is 0 Å². The summed E-state index contributed by atoms with van der Waals surface area (Å²) in [5, 5.41) is 6.92. The van der Waals surface area contributed by atoms with Gasteiger partial charge in [-0.15, -0.1) is 24.0 Å². The van der Waals surface area contributed by atoms with Crippen LogP contribution >= 0.6 is 24.0 Å². The molecule has 2 aromatic carbocycles. The molecule has 3 rings (SSSR count). The minimum atomic E-state index is 0. The second kappa shape index (κ2) is 12.1. The molecule has 0 spiro atoms. The standard InChI is InChI=1S/C24H33N3O3.HI/c1-5-30-22-16-19(10-11-21(22)28-4)27-23(25-3)26-17-24(12-14-29-15-13-24)20-9-7-6-8-18(20)2;/h6-11,16H,5,12-15,17H2,1-4H3,(H2,25,26,27);1H. The van der Waals surface area contributed by atoms with Gasteiger partial charge in [0.2, 0.25) is 0 Å². The van der Waals surface area contributed by atoms with Gasteiger partial charge in [0.1, 0.15) is 0 Å². The molecule has 0 bridgehead atoms. The third-order valence-corrected chi connectivity index (χ3v) is 5.71. The Bertz CT molecular complexity index is 867. The van der Waals surface area contributed by atoms with Crippen LogP contribution in [0.25, 0.3) is 0 Å². The first kappa shape index (κ1) is 25.3. The molecule has 0 radical (unpaired) electrons. The van der Waals surface area contributed by atoms with Crippen molar-refractivity contribution in [1.82, 2.24) is 5.32 Å². The lowest BCUT2D eigenvalue weighted by Crippen LogP contribution is -2.46. The number of nitrogens with one attached hydrogen (secondary N) is 2. The van der Waals surface area contributed by atoms with Gasteiger partial charge in [0, 0.05) is 44.0 Å². The third kappa shape index (κ3) is 6.26. The number of rotatable bonds is 7. The molecule has 1 saturated heterocycles. The maximum absolute atomic E-state index is 5.69. The van der Waals surface area contributed by atoms with Gasteiger partial charge in [0.05, 0.1) is 13.7 Å². The number of benzene rings is 2. The number of hydrogen-bond acceptors (Lipinski definition) is 4. The summed E-state index contributed by atoms with van der Waals surface area (Å²) < 4.78 is 16.7. The lowest BCUT2D eigenvalue weighted by Gasteiger charge is -2.39. The molecule has 0 aromatic heterocycles. The number of nitrogens with zero attached hydrogens (tertiary/aromatic N) is 1. The van der Waals surface area contributed by atoms with Gasteiger partial charge in [-0.25, -0.2) is 0 Å². The van der Waals surface area contributed by atoms with E-state index in [-0.39, 0.29) is 29.4 Å². The number of aliphatic imine (C=N–C) groups is 1. The summed E-state index contributed by atoms with van der Waals surface area (Å²) in [7, 11) is 3.43. The van der Waals surface area contributed by atoms with Crippen LogP contribution in [0.4, 0.5) is 5.69 Å². The van der Waals surface area contributed by atoms with Crippen LogP contribution in [0.5, 0.6) is 11.5 Å². The van der Waals surface area contributed by atoms with Gasteiger partial charge in [0.15, 0.2) is 17.5 Å². The van der Waals surface area contributed by atoms with E-state index >= 15 is 0 Å². The monoisotopic (exact) mass is 539 g/mol. The second-order valence-corrected chi connectivity index (χ2v) is 7.56. The van der Waals surface area contributed by atoms with Gasteiger partial charge in [0.25, 0.3) is 0 Å². The number of guanidine groups is 1. The summed E-state index contributed by atoms with van der Waals surface area (Å²) in [6, 6.07) is 14.4. The first-order chi connectivity index (χ1) is 14.6. The van der Waals surface area contributed by atoms with Crippen LogP contribution in [0.2, 0.25) is 0 Å². The average molecular weight is 539 g/mol. The fraction of sp³-hybridized carbons (Fsp3) is 0.458. The van der Waals surface area contributed by atoms with E-state index < -0.39 is 0 Å². The largest absolute Gasteiger partial charge is 0.493 e. The highest BCUT2D eigenvalue weighted by Gasteiger charge is 2.35. The maximum Gasteiger partial charge on any atom is 0.195 e. The Balaban J connectivity index is 0.00000341. The molecule has 1 fully saturated rings. The van der Waals surface area contributed by atoms with Crippen LogP contribution in [0, 0.1) is 6.92 Å². The number of aryl methyl sites for hydroxylation is 1. The zero-order chi connectivity index (χ0) is 21.4. The zero-order valence-corrected chi connectivity index (χ0v) is 21.2. The third-order valence-electron chi connectivity index (χ3n) is 5.71. The Hall–Kier alpha value is -2.00. The fourth-order valence-corrected chi connectivity index (χ4v) is 4.06. The van der Waals surface area contributed by atoms with E-state index in [9.17, 15) is 0 Å². The van der Waals surface area contributed by atoms with Gasteiger partial charge in [-0.3, -0.25) is 4.99 Å². The molecule has 31 heavy (non-hydrogen) atoms. The lowest BCUT2D eigenvalue weighted by atomic mass is 9.72. The molecule has 1 heterocycles. The highest BCUT2D eigenvalue weighted by Crippen LogP contribution is 2.36. The Morgan fingerprint density at radius 2 is 1.87 bits per heavy atom. The molecule has 0 unspecified atom stereocenters. The minimum absolute atomic E-state index is 0. The van der Waals surface area contributed by atoms with E-state index in [1.54, 1.807) is 14.2 Å². The first-order valence-electron chi connectivity index (χ1n) is 10.5. The highest BCUT2D eigenvalue weighted by molar-refractivity contribution is 14.0. The Labute approximate surface area is 202 Å². The van der Waals surface area contributed by atoms with Crippen LogP contribution in [-0.4, -0.2) is 46.5 Å². The minimum Gasteiger partial charge on any atom is -0.493 e. The van der Waals surface area contributed by atoms with E-state index in [0.29, 0.717) is 18.1 Å². The van der Waals surface area contributed by atoms with Crippen molar-refractivity contribution >= 4 is 35.6 Å². The predicted molar refractivity (Wildman–Crippen MR) is 137 cm³/mol. The molecule has 0 amide bonds. The molecule has 1 aliphatic heterocycles. The number of hydrogen-bond donors (Lipinski definition) is 2. The number of ether oxygens (including phenoxy) is 3. The van der Waals surface area contributed by atoms with Gasteiger partial charge in [-0.2, -0.15) is 0 Å². The summed E-state index contributed by atoms with van der Waals surface area (Å²) in [6.07, 6.45) is 1.97. The maximum atomic E-state index is 5.69. The van der Waals surface area contributed by atoms with E-state index in [0.717, 1.165) is 44.2 Å². The number of anilines is 1. The van der Waals surface area contributed by atoms with Crippen LogP contribution in [0.3, 0.4) is 0 Å². The van der Waals surface area contributed by atoms with E-state index in [4.69, 9.17) is 14.2 Å². The van der Waals surface area contributed by atoms with Crippen LogP contribution < -0.4 is 20.1 Å². The predicted octanol–water partition coefficient (Wildman–Crippen LogP) is 4.76. The van der Waals surface area contributed by atoms with Crippen molar-refractivity contribution in [2.24, 2.45) is 4.99 Å². The fourth-order valence-electron chi connectivity index (χ4n) is 4.06. The first-order valence-corrected chi connectivity index (χ1v) is 10.5. The molecular weight excluding hydrogens is 505 g/mol. The van der Waals surface area contributed by atoms with Crippen molar-refractivity contribution in [3.05, 3.63) is 53.6 Å². The SMILES string of the molecule is CCOc1cc(NC(=NC)NCC2(c3ccccc3C)CCOCC2)ccc1OC.I. The van der Waals surface area contributed by atoms with Crippen molar-refractivity contribution in [3.8, 4) is 11.5 Å². The van der Waals surface area contributed by atoms with E-state index in [2.05, 4.69) is 46.8 Å². The average Bonchev–Trinajstić information content (AvgIpc) is 2.78. The molecular formula is C24H34IN3O3. The van der Waals surface area contributed by atoms with Crippen LogP contribution in [-0.2, 0) is 10.2 Å². The normalized spacial score (nSPS) is 15.5. The molecule has 1 aliphatic rings. The summed E-state index contributed by atoms with van der Waals surface area (Å²) in [5.74, 6) is 2.15. The molecule has 170 valence electrons. The highest BCUT2D eigenvalue weighted by atomic mass is 127. The molecule has 0 saturated carbocycles. The molecule has 2 aromatic rings. The van der Waals surface area contributed by atoms with Crippen molar-refractivity contribution < 1.29 is 14.2 Å². The van der Waals surface area contributed by atoms with Gasteiger partial charge in [-0.05, 0) is 49.9 Å². The molecule has 0 aliphatic carbocycles. The van der Waals surface area contributed by atoms with Gasteiger partial charge < -0.3 is 24.8 Å². The topological polar surface area (TPSA) is 64.1 Å². The van der Waals surface area contributed by atoms with Crippen molar-refractivity contribution in [2.45, 2.75) is 32.1 Å². The van der Waals surface area contributed by atoms with E-state index in [1.807, 2.05) is 25.1 Å². The van der Waals surface area contributed by atoms with Crippen molar-refractivity contribution in [2.75, 3.05) is 45.8 Å². The Kier molecular flexibility index (Phi) is 9.90.